The van der Waals surface area contributed by atoms with Gasteiger partial charge in [0.2, 0.25) is 0 Å². The molecule has 18 heavy (non-hydrogen) atoms. The zero-order valence-corrected chi connectivity index (χ0v) is 11.9. The standard InChI is InChI=1S/C14H12F2IN/c1-8-6-10(12(16)7-11(8)15)14(18)9-4-2-3-5-13(9)17/h2-7,14H,18H2,1H3. The summed E-state index contributed by atoms with van der Waals surface area (Å²) >= 11 is 2.15. The second-order valence-corrected chi connectivity index (χ2v) is 5.28. The van der Waals surface area contributed by atoms with E-state index in [2.05, 4.69) is 22.6 Å². The van der Waals surface area contributed by atoms with Gasteiger partial charge >= 0.3 is 0 Å². The van der Waals surface area contributed by atoms with Crippen molar-refractivity contribution in [2.24, 2.45) is 5.73 Å². The highest BCUT2D eigenvalue weighted by Gasteiger charge is 2.17. The predicted molar refractivity (Wildman–Crippen MR) is 76.3 cm³/mol. The molecule has 1 nitrogen and oxygen atoms in total. The molecule has 0 saturated heterocycles. The van der Waals surface area contributed by atoms with Crippen LogP contribution in [0.4, 0.5) is 8.78 Å². The van der Waals surface area contributed by atoms with Crippen LogP contribution < -0.4 is 5.73 Å². The Morgan fingerprint density at radius 2 is 1.72 bits per heavy atom. The van der Waals surface area contributed by atoms with Crippen LogP contribution in [0.1, 0.15) is 22.7 Å². The fourth-order valence-corrected chi connectivity index (χ4v) is 2.54. The molecule has 0 radical (unpaired) electrons. The number of halogens is 3. The first-order valence-corrected chi connectivity index (χ1v) is 6.54. The Labute approximate surface area is 118 Å². The molecule has 0 spiro atoms. The molecule has 0 amide bonds. The summed E-state index contributed by atoms with van der Waals surface area (Å²) in [6.07, 6.45) is 0. The van der Waals surface area contributed by atoms with Crippen LogP contribution in [0.3, 0.4) is 0 Å². The Bertz CT molecular complexity index is 584. The summed E-state index contributed by atoms with van der Waals surface area (Å²) in [5.41, 5.74) is 7.62. The van der Waals surface area contributed by atoms with Gasteiger partial charge in [-0.25, -0.2) is 8.78 Å². The van der Waals surface area contributed by atoms with Gasteiger partial charge < -0.3 is 5.73 Å². The number of hydrogen-bond acceptors (Lipinski definition) is 1. The van der Waals surface area contributed by atoms with Gasteiger partial charge in [-0.1, -0.05) is 18.2 Å². The van der Waals surface area contributed by atoms with Crippen LogP contribution in [0.2, 0.25) is 0 Å². The van der Waals surface area contributed by atoms with Crippen molar-refractivity contribution in [3.05, 3.63) is 68.3 Å². The zero-order chi connectivity index (χ0) is 13.3. The lowest BCUT2D eigenvalue weighted by Gasteiger charge is -2.16. The highest BCUT2D eigenvalue weighted by Crippen LogP contribution is 2.27. The molecule has 2 aromatic rings. The summed E-state index contributed by atoms with van der Waals surface area (Å²) in [5.74, 6) is -1.16. The quantitative estimate of drug-likeness (QED) is 0.808. The lowest BCUT2D eigenvalue weighted by atomic mass is 9.97. The van der Waals surface area contributed by atoms with E-state index in [1.165, 1.54) is 6.07 Å². The van der Waals surface area contributed by atoms with Gasteiger partial charge in [0.05, 0.1) is 6.04 Å². The maximum absolute atomic E-state index is 13.8. The third-order valence-electron chi connectivity index (χ3n) is 2.85. The van der Waals surface area contributed by atoms with Crippen molar-refractivity contribution in [1.29, 1.82) is 0 Å². The highest BCUT2D eigenvalue weighted by atomic mass is 127. The molecule has 4 heteroatoms. The molecule has 0 aliphatic heterocycles. The van der Waals surface area contributed by atoms with Crippen LogP contribution in [0.5, 0.6) is 0 Å². The van der Waals surface area contributed by atoms with Gasteiger partial charge in [-0.15, -0.1) is 0 Å². The molecule has 2 rings (SSSR count). The summed E-state index contributed by atoms with van der Waals surface area (Å²) in [6, 6.07) is 9.28. The van der Waals surface area contributed by atoms with Crippen molar-refractivity contribution in [3.8, 4) is 0 Å². The Morgan fingerprint density at radius 1 is 1.06 bits per heavy atom. The van der Waals surface area contributed by atoms with Crippen LogP contribution in [0.15, 0.2) is 36.4 Å². The molecule has 1 unspecified atom stereocenters. The number of hydrogen-bond donors (Lipinski definition) is 1. The molecule has 0 heterocycles. The topological polar surface area (TPSA) is 26.0 Å². The maximum Gasteiger partial charge on any atom is 0.131 e. The minimum Gasteiger partial charge on any atom is -0.320 e. The second-order valence-electron chi connectivity index (χ2n) is 4.12. The third-order valence-corrected chi connectivity index (χ3v) is 3.84. The lowest BCUT2D eigenvalue weighted by molar-refractivity contribution is 0.560. The summed E-state index contributed by atoms with van der Waals surface area (Å²) in [7, 11) is 0. The van der Waals surface area contributed by atoms with E-state index in [1.54, 1.807) is 6.92 Å². The molecule has 0 aliphatic carbocycles. The highest BCUT2D eigenvalue weighted by molar-refractivity contribution is 14.1. The van der Waals surface area contributed by atoms with Gasteiger partial charge in [0, 0.05) is 15.2 Å². The van der Waals surface area contributed by atoms with Crippen molar-refractivity contribution in [2.75, 3.05) is 0 Å². The van der Waals surface area contributed by atoms with Crippen LogP contribution >= 0.6 is 22.6 Å². The number of benzene rings is 2. The van der Waals surface area contributed by atoms with E-state index in [0.717, 1.165) is 15.2 Å². The van der Waals surface area contributed by atoms with Crippen LogP contribution in [-0.2, 0) is 0 Å². The molecule has 0 aliphatic rings. The Morgan fingerprint density at radius 3 is 2.39 bits per heavy atom. The van der Waals surface area contributed by atoms with E-state index in [4.69, 9.17) is 5.73 Å². The van der Waals surface area contributed by atoms with Gasteiger partial charge in [0.15, 0.2) is 0 Å². The normalized spacial score (nSPS) is 12.5. The van der Waals surface area contributed by atoms with Crippen LogP contribution in [0, 0.1) is 22.1 Å². The third kappa shape index (κ3) is 2.54. The Balaban J connectivity index is 2.50. The van der Waals surface area contributed by atoms with Crippen molar-refractivity contribution >= 4 is 22.6 Å². The molecule has 2 aromatic carbocycles. The largest absolute Gasteiger partial charge is 0.320 e. The number of rotatable bonds is 2. The molecule has 1 atom stereocenters. The van der Waals surface area contributed by atoms with Crippen molar-refractivity contribution in [3.63, 3.8) is 0 Å². The number of aryl methyl sites for hydroxylation is 1. The van der Waals surface area contributed by atoms with Gasteiger partial charge in [0.1, 0.15) is 11.6 Å². The van der Waals surface area contributed by atoms with Gasteiger partial charge in [-0.3, -0.25) is 0 Å². The SMILES string of the molecule is Cc1cc(C(N)c2ccccc2I)c(F)cc1F. The van der Waals surface area contributed by atoms with Crippen molar-refractivity contribution in [2.45, 2.75) is 13.0 Å². The molecule has 94 valence electrons. The van der Waals surface area contributed by atoms with E-state index in [-0.39, 0.29) is 0 Å². The minimum absolute atomic E-state index is 0.318. The second kappa shape index (κ2) is 5.32. The molecule has 2 N–H and O–H groups in total. The average molecular weight is 359 g/mol. The summed E-state index contributed by atoms with van der Waals surface area (Å²) < 4.78 is 28.0. The molecule has 0 fully saturated rings. The van der Waals surface area contributed by atoms with Crippen LogP contribution in [-0.4, -0.2) is 0 Å². The Hall–Kier alpha value is -1.01. The first kappa shape index (κ1) is 13.4. The summed E-state index contributed by atoms with van der Waals surface area (Å²) in [6.45, 7) is 1.60. The van der Waals surface area contributed by atoms with Crippen molar-refractivity contribution < 1.29 is 8.78 Å². The van der Waals surface area contributed by atoms with Crippen LogP contribution in [0.25, 0.3) is 0 Å². The van der Waals surface area contributed by atoms with Crippen molar-refractivity contribution in [1.82, 2.24) is 0 Å². The van der Waals surface area contributed by atoms with Gasteiger partial charge in [0.25, 0.3) is 0 Å². The summed E-state index contributed by atoms with van der Waals surface area (Å²) in [5, 5.41) is 0. The van der Waals surface area contributed by atoms with E-state index >= 15 is 0 Å². The average Bonchev–Trinajstić information content (AvgIpc) is 2.33. The lowest BCUT2D eigenvalue weighted by Crippen LogP contribution is -2.15. The fraction of sp³-hybridized carbons (Fsp3) is 0.143. The maximum atomic E-state index is 13.8. The zero-order valence-electron chi connectivity index (χ0n) is 9.75. The predicted octanol–water partition coefficient (Wildman–Crippen LogP) is 3.93. The van der Waals surface area contributed by atoms with Gasteiger partial charge in [-0.2, -0.15) is 0 Å². The fourth-order valence-electron chi connectivity index (χ4n) is 1.81. The molecule has 0 aromatic heterocycles. The van der Waals surface area contributed by atoms with E-state index in [9.17, 15) is 8.78 Å². The monoisotopic (exact) mass is 359 g/mol. The molecule has 0 saturated carbocycles. The molecular weight excluding hydrogens is 347 g/mol. The minimum atomic E-state index is -0.606. The Kier molecular flexibility index (Phi) is 3.97. The first-order chi connectivity index (χ1) is 8.50. The summed E-state index contributed by atoms with van der Waals surface area (Å²) in [4.78, 5) is 0. The van der Waals surface area contributed by atoms with E-state index in [0.29, 0.717) is 11.1 Å². The molecule has 0 bridgehead atoms. The van der Waals surface area contributed by atoms with E-state index in [1.807, 2.05) is 24.3 Å². The first-order valence-electron chi connectivity index (χ1n) is 5.46. The van der Waals surface area contributed by atoms with Gasteiger partial charge in [-0.05, 0) is 52.8 Å². The number of nitrogens with two attached hydrogens (primary N) is 1. The van der Waals surface area contributed by atoms with E-state index < -0.39 is 17.7 Å². The molecular formula is C14H12F2IN. The smallest absolute Gasteiger partial charge is 0.131 e.